The Balaban J connectivity index is 1.99. The predicted molar refractivity (Wildman–Crippen MR) is 84.2 cm³/mol. The van der Waals surface area contributed by atoms with Crippen LogP contribution < -0.4 is 10.1 Å². The second-order valence-corrected chi connectivity index (χ2v) is 5.74. The molecule has 2 rings (SSSR count). The Bertz CT molecular complexity index is 622. The van der Waals surface area contributed by atoms with Gasteiger partial charge in [-0.05, 0) is 29.1 Å². The van der Waals surface area contributed by atoms with E-state index >= 15 is 0 Å². The van der Waals surface area contributed by atoms with Crippen molar-refractivity contribution in [2.24, 2.45) is 0 Å². The molecule has 5 nitrogen and oxygen atoms in total. The number of aliphatic carboxylic acids is 1. The molecule has 0 unspecified atom stereocenters. The summed E-state index contributed by atoms with van der Waals surface area (Å²) in [5.74, 6) is -0.417. The van der Waals surface area contributed by atoms with Crippen LogP contribution in [0, 0.1) is 0 Å². The Kier molecular flexibility index (Phi) is 5.55. The molecule has 0 bridgehead atoms. The average molecular weight is 319 g/mol. The van der Waals surface area contributed by atoms with Crippen LogP contribution in [0.1, 0.15) is 22.9 Å². The highest BCUT2D eigenvalue weighted by atomic mass is 32.1. The molecule has 0 radical (unpaired) electrons. The first-order valence-corrected chi connectivity index (χ1v) is 7.64. The lowest BCUT2D eigenvalue weighted by Crippen LogP contribution is -2.30. The van der Waals surface area contributed by atoms with Crippen LogP contribution >= 0.6 is 11.3 Å². The molecule has 116 valence electrons. The van der Waals surface area contributed by atoms with Crippen LogP contribution in [0.3, 0.4) is 0 Å². The van der Waals surface area contributed by atoms with Crippen molar-refractivity contribution in [1.82, 2.24) is 5.32 Å². The minimum absolute atomic E-state index is 0.130. The molecule has 0 saturated carbocycles. The number of carbonyl (C=O) groups is 2. The molecule has 1 heterocycles. The van der Waals surface area contributed by atoms with Gasteiger partial charge < -0.3 is 15.2 Å². The zero-order chi connectivity index (χ0) is 15.9. The Morgan fingerprint density at radius 3 is 2.55 bits per heavy atom. The lowest BCUT2D eigenvalue weighted by atomic mass is 10.1. The second-order valence-electron chi connectivity index (χ2n) is 4.76. The smallest absolute Gasteiger partial charge is 0.305 e. The molecule has 6 heteroatoms. The summed E-state index contributed by atoms with van der Waals surface area (Å²) in [5.41, 5.74) is 0.846. The number of carboxylic acids is 1. The number of carbonyl (C=O) groups excluding carboxylic acids is 1. The SMILES string of the molecule is COc1ccc(CC(=O)N[C@@H](CC(=O)O)c2cccs2)cc1. The molecular weight excluding hydrogens is 302 g/mol. The highest BCUT2D eigenvalue weighted by Crippen LogP contribution is 2.22. The second kappa shape index (κ2) is 7.61. The zero-order valence-corrected chi connectivity index (χ0v) is 12.9. The minimum atomic E-state index is -0.942. The van der Waals surface area contributed by atoms with E-state index in [1.54, 1.807) is 19.2 Å². The highest BCUT2D eigenvalue weighted by molar-refractivity contribution is 7.10. The molecule has 0 spiro atoms. The molecule has 0 aliphatic heterocycles. The van der Waals surface area contributed by atoms with E-state index in [4.69, 9.17) is 9.84 Å². The van der Waals surface area contributed by atoms with Crippen molar-refractivity contribution in [3.05, 3.63) is 52.2 Å². The zero-order valence-electron chi connectivity index (χ0n) is 12.1. The Hall–Kier alpha value is -2.34. The van der Waals surface area contributed by atoms with Gasteiger partial charge in [0.05, 0.1) is 26.0 Å². The van der Waals surface area contributed by atoms with Gasteiger partial charge in [-0.15, -0.1) is 11.3 Å². The number of methoxy groups -OCH3 is 1. The molecule has 0 saturated heterocycles. The van der Waals surface area contributed by atoms with E-state index in [1.807, 2.05) is 29.6 Å². The van der Waals surface area contributed by atoms with Crippen LogP contribution in [-0.2, 0) is 16.0 Å². The van der Waals surface area contributed by atoms with Gasteiger partial charge in [0.15, 0.2) is 0 Å². The van der Waals surface area contributed by atoms with Crippen molar-refractivity contribution >= 4 is 23.2 Å². The standard InChI is InChI=1S/C16H17NO4S/c1-21-12-6-4-11(5-7-12)9-15(18)17-13(10-16(19)20)14-3-2-8-22-14/h2-8,13H,9-10H2,1H3,(H,17,18)(H,19,20)/t13-/m0/s1. The van der Waals surface area contributed by atoms with Gasteiger partial charge >= 0.3 is 5.97 Å². The first-order chi connectivity index (χ1) is 10.6. The van der Waals surface area contributed by atoms with Gasteiger partial charge in [0.1, 0.15) is 5.75 Å². The van der Waals surface area contributed by atoms with Gasteiger partial charge in [0.2, 0.25) is 5.91 Å². The molecule has 1 amide bonds. The maximum absolute atomic E-state index is 12.1. The topological polar surface area (TPSA) is 75.6 Å². The number of benzene rings is 1. The van der Waals surface area contributed by atoms with E-state index in [2.05, 4.69) is 5.32 Å². The Labute approximate surface area is 132 Å². The van der Waals surface area contributed by atoms with Crippen molar-refractivity contribution in [3.8, 4) is 5.75 Å². The average Bonchev–Trinajstić information content (AvgIpc) is 3.01. The van der Waals surface area contributed by atoms with Crippen LogP contribution in [0.5, 0.6) is 5.75 Å². The number of carboxylic acid groups (broad SMARTS) is 1. The van der Waals surface area contributed by atoms with Crippen LogP contribution in [0.15, 0.2) is 41.8 Å². The molecule has 1 atom stereocenters. The summed E-state index contributed by atoms with van der Waals surface area (Å²) >= 11 is 1.43. The van der Waals surface area contributed by atoms with E-state index in [9.17, 15) is 9.59 Å². The number of hydrogen-bond acceptors (Lipinski definition) is 4. The summed E-state index contributed by atoms with van der Waals surface area (Å²) in [6.07, 6.45) is 0.0698. The van der Waals surface area contributed by atoms with E-state index in [0.29, 0.717) is 0 Å². The predicted octanol–water partition coefficient (Wildman–Crippen LogP) is 2.63. The van der Waals surface area contributed by atoms with Crippen molar-refractivity contribution in [1.29, 1.82) is 0 Å². The molecular formula is C16H17NO4S. The van der Waals surface area contributed by atoms with Crippen LogP contribution in [-0.4, -0.2) is 24.1 Å². The van der Waals surface area contributed by atoms with Gasteiger partial charge in [-0.25, -0.2) is 0 Å². The normalized spacial score (nSPS) is 11.7. The summed E-state index contributed by atoms with van der Waals surface area (Å²) in [5, 5.41) is 13.6. The molecule has 0 aliphatic carbocycles. The monoisotopic (exact) mass is 319 g/mol. The van der Waals surface area contributed by atoms with Gasteiger partial charge in [-0.2, -0.15) is 0 Å². The number of thiophene rings is 1. The molecule has 2 N–H and O–H groups in total. The summed E-state index contributed by atoms with van der Waals surface area (Å²) in [6, 6.07) is 10.4. The van der Waals surface area contributed by atoms with Gasteiger partial charge in [0.25, 0.3) is 0 Å². The Morgan fingerprint density at radius 1 is 1.27 bits per heavy atom. The summed E-state index contributed by atoms with van der Waals surface area (Å²) in [4.78, 5) is 23.9. The maximum Gasteiger partial charge on any atom is 0.305 e. The molecule has 0 fully saturated rings. The summed E-state index contributed by atoms with van der Waals surface area (Å²) in [6.45, 7) is 0. The summed E-state index contributed by atoms with van der Waals surface area (Å²) < 4.78 is 5.07. The summed E-state index contributed by atoms with van der Waals surface area (Å²) in [7, 11) is 1.58. The third kappa shape index (κ3) is 4.60. The van der Waals surface area contributed by atoms with E-state index < -0.39 is 12.0 Å². The van der Waals surface area contributed by atoms with E-state index in [0.717, 1.165) is 16.2 Å². The number of hydrogen-bond donors (Lipinski definition) is 2. The van der Waals surface area contributed by atoms with E-state index in [1.165, 1.54) is 11.3 Å². The third-order valence-corrected chi connectivity index (χ3v) is 4.11. The fourth-order valence-corrected chi connectivity index (χ4v) is 2.84. The number of rotatable bonds is 7. The van der Waals surface area contributed by atoms with Crippen molar-refractivity contribution < 1.29 is 19.4 Å². The van der Waals surface area contributed by atoms with Gasteiger partial charge in [-0.3, -0.25) is 9.59 Å². The largest absolute Gasteiger partial charge is 0.497 e. The first kappa shape index (κ1) is 16.0. The van der Waals surface area contributed by atoms with E-state index in [-0.39, 0.29) is 18.7 Å². The fourth-order valence-electron chi connectivity index (χ4n) is 2.06. The minimum Gasteiger partial charge on any atom is -0.497 e. The molecule has 0 aliphatic rings. The lowest BCUT2D eigenvalue weighted by molar-refractivity contribution is -0.137. The van der Waals surface area contributed by atoms with Crippen LogP contribution in [0.4, 0.5) is 0 Å². The number of ether oxygens (including phenoxy) is 1. The quantitative estimate of drug-likeness (QED) is 0.822. The molecule has 1 aromatic carbocycles. The number of nitrogens with one attached hydrogen (secondary N) is 1. The van der Waals surface area contributed by atoms with Crippen molar-refractivity contribution in [2.75, 3.05) is 7.11 Å². The van der Waals surface area contributed by atoms with Crippen LogP contribution in [0.25, 0.3) is 0 Å². The Morgan fingerprint density at radius 2 is 2.00 bits per heavy atom. The number of amides is 1. The fraction of sp³-hybridized carbons (Fsp3) is 0.250. The first-order valence-electron chi connectivity index (χ1n) is 6.76. The highest BCUT2D eigenvalue weighted by Gasteiger charge is 2.19. The van der Waals surface area contributed by atoms with Crippen molar-refractivity contribution in [3.63, 3.8) is 0 Å². The van der Waals surface area contributed by atoms with Gasteiger partial charge in [0, 0.05) is 4.88 Å². The third-order valence-electron chi connectivity index (χ3n) is 3.12. The lowest BCUT2D eigenvalue weighted by Gasteiger charge is -2.15. The molecule has 1 aromatic heterocycles. The van der Waals surface area contributed by atoms with Crippen LogP contribution in [0.2, 0.25) is 0 Å². The maximum atomic E-state index is 12.1. The van der Waals surface area contributed by atoms with Crippen molar-refractivity contribution in [2.45, 2.75) is 18.9 Å². The molecule has 22 heavy (non-hydrogen) atoms. The van der Waals surface area contributed by atoms with Gasteiger partial charge in [-0.1, -0.05) is 18.2 Å². The molecule has 2 aromatic rings.